The molecule has 1 aliphatic carbocycles. The number of aryl methyl sites for hydroxylation is 1. The zero-order valence-corrected chi connectivity index (χ0v) is 30.9. The van der Waals surface area contributed by atoms with Gasteiger partial charge in [-0.1, -0.05) is 30.7 Å². The minimum Gasteiger partial charge on any atom is -0.490 e. The molecule has 0 radical (unpaired) electrons. The number of sulfonamides is 1. The SMILES string of the molecule is COCCN(C)C(=O)[C@H]1/C(F)=C/C[C@H](C)[C@@H](C)S(=O)(=O)NC(=O)c2ccc3c(c2)N(C[C@@H]2CCCN21)C[C@@]1(CCCc2cc(Cl)ccc21)CO3. The summed E-state index contributed by atoms with van der Waals surface area (Å²) in [5, 5.41) is -0.331. The van der Waals surface area contributed by atoms with Crippen LogP contribution in [0.4, 0.5) is 10.1 Å². The number of nitrogens with one attached hydrogen (secondary N) is 1. The summed E-state index contributed by atoms with van der Waals surface area (Å²) in [7, 11) is -0.920. The number of hydrogen-bond donors (Lipinski definition) is 1. The van der Waals surface area contributed by atoms with Gasteiger partial charge in [0.2, 0.25) is 15.9 Å². The number of amides is 2. The van der Waals surface area contributed by atoms with E-state index in [4.69, 9.17) is 21.1 Å². The average molecular weight is 731 g/mol. The molecule has 6 rings (SSSR count). The zero-order chi connectivity index (χ0) is 35.8. The third-order valence-electron chi connectivity index (χ3n) is 11.2. The smallest absolute Gasteiger partial charge is 0.264 e. The summed E-state index contributed by atoms with van der Waals surface area (Å²) < 4.78 is 57.5. The molecule has 2 aromatic rings. The number of rotatable bonds is 4. The van der Waals surface area contributed by atoms with Crippen LogP contribution in [-0.2, 0) is 31.4 Å². The number of methoxy groups -OCH3 is 1. The first kappa shape index (κ1) is 36.6. The maximum Gasteiger partial charge on any atom is 0.264 e. The Hall–Kier alpha value is -3.19. The lowest BCUT2D eigenvalue weighted by Gasteiger charge is -2.42. The van der Waals surface area contributed by atoms with Crippen molar-refractivity contribution in [2.45, 2.75) is 75.1 Å². The number of ether oxygens (including phenoxy) is 2. The molecule has 0 saturated carbocycles. The Morgan fingerprint density at radius 2 is 2.00 bits per heavy atom. The van der Waals surface area contributed by atoms with Gasteiger partial charge in [0, 0.05) is 55.8 Å². The number of hydrogen-bond acceptors (Lipinski definition) is 8. The van der Waals surface area contributed by atoms with Crippen molar-refractivity contribution in [1.82, 2.24) is 14.5 Å². The highest BCUT2D eigenvalue weighted by Gasteiger charge is 2.45. The molecule has 3 heterocycles. The Balaban J connectivity index is 1.47. The van der Waals surface area contributed by atoms with Crippen LogP contribution in [0.2, 0.25) is 5.02 Å². The fourth-order valence-electron chi connectivity index (χ4n) is 8.06. The molecule has 272 valence electrons. The van der Waals surface area contributed by atoms with Crippen LogP contribution in [0.15, 0.2) is 48.3 Å². The van der Waals surface area contributed by atoms with Crippen molar-refractivity contribution in [2.75, 3.05) is 58.5 Å². The van der Waals surface area contributed by atoms with Crippen LogP contribution in [0.3, 0.4) is 0 Å². The highest BCUT2D eigenvalue weighted by atomic mass is 35.5. The topological polar surface area (TPSA) is 108 Å². The van der Waals surface area contributed by atoms with E-state index in [9.17, 15) is 18.0 Å². The van der Waals surface area contributed by atoms with Crippen molar-refractivity contribution in [3.8, 4) is 5.75 Å². The summed E-state index contributed by atoms with van der Waals surface area (Å²) in [4.78, 5) is 33.3. The number of carbonyl (C=O) groups is 2. The van der Waals surface area contributed by atoms with Gasteiger partial charge in [0.15, 0.2) is 0 Å². The van der Waals surface area contributed by atoms with Crippen molar-refractivity contribution in [3.63, 3.8) is 0 Å². The van der Waals surface area contributed by atoms with E-state index in [0.29, 0.717) is 55.9 Å². The van der Waals surface area contributed by atoms with E-state index in [2.05, 4.69) is 15.7 Å². The summed E-state index contributed by atoms with van der Waals surface area (Å²) in [6.45, 7) is 5.72. The molecule has 1 saturated heterocycles. The Bertz CT molecular complexity index is 1760. The molecular weight excluding hydrogens is 683 g/mol. The predicted molar refractivity (Wildman–Crippen MR) is 192 cm³/mol. The first-order chi connectivity index (χ1) is 23.8. The quantitative estimate of drug-likeness (QED) is 0.464. The largest absolute Gasteiger partial charge is 0.490 e. The van der Waals surface area contributed by atoms with Crippen LogP contribution in [0, 0.1) is 5.92 Å². The summed E-state index contributed by atoms with van der Waals surface area (Å²) >= 11 is 6.43. The maximum absolute atomic E-state index is 16.5. The molecule has 0 unspecified atom stereocenters. The molecule has 0 aromatic heterocycles. The number of benzene rings is 2. The Labute approximate surface area is 300 Å². The first-order valence-corrected chi connectivity index (χ1v) is 19.5. The number of nitrogens with zero attached hydrogens (tertiary/aromatic N) is 3. The first-order valence-electron chi connectivity index (χ1n) is 17.6. The van der Waals surface area contributed by atoms with Crippen molar-refractivity contribution >= 4 is 39.1 Å². The van der Waals surface area contributed by atoms with Crippen molar-refractivity contribution in [1.29, 1.82) is 0 Å². The monoisotopic (exact) mass is 730 g/mol. The average Bonchev–Trinajstić information content (AvgIpc) is 3.48. The van der Waals surface area contributed by atoms with Gasteiger partial charge in [-0.15, -0.1) is 0 Å². The zero-order valence-electron chi connectivity index (χ0n) is 29.3. The van der Waals surface area contributed by atoms with Gasteiger partial charge < -0.3 is 19.3 Å². The van der Waals surface area contributed by atoms with Gasteiger partial charge in [-0.2, -0.15) is 0 Å². The van der Waals surface area contributed by atoms with Gasteiger partial charge in [0.1, 0.15) is 17.6 Å². The van der Waals surface area contributed by atoms with Crippen LogP contribution >= 0.6 is 11.6 Å². The lowest BCUT2D eigenvalue weighted by atomic mass is 9.70. The van der Waals surface area contributed by atoms with Crippen molar-refractivity contribution in [2.24, 2.45) is 5.92 Å². The van der Waals surface area contributed by atoms with E-state index in [1.54, 1.807) is 39.3 Å². The maximum atomic E-state index is 16.5. The van der Waals surface area contributed by atoms with E-state index in [1.807, 2.05) is 17.0 Å². The highest BCUT2D eigenvalue weighted by molar-refractivity contribution is 7.90. The number of anilines is 1. The standard InChI is InChI=1S/C37H48ClFN4O6S/c1-24-9-13-31(39)34(36(45)41(3)17-18-48-4)43-16-6-8-29(43)21-42-22-37(15-5-7-26-19-28(38)11-12-30(26)37)23-49-33-14-10-27(20-32(33)42)35(44)40-50(46,47)25(24)2/h10-14,19-20,24-25,29,34H,5-9,15-18,21-23H2,1-4H3,(H,40,44)/b31-13-/t24-,25+,29-,34+,37-/m0/s1. The number of allylic oxidation sites excluding steroid dienone is 1. The Morgan fingerprint density at radius 3 is 2.78 bits per heavy atom. The van der Waals surface area contributed by atoms with E-state index in [-0.39, 0.29) is 23.9 Å². The number of fused-ring (bicyclic) bond motifs is 4. The molecule has 3 aliphatic heterocycles. The summed E-state index contributed by atoms with van der Waals surface area (Å²) in [5.74, 6) is -1.68. The molecule has 1 fully saturated rings. The molecule has 10 nitrogen and oxygen atoms in total. The number of carbonyl (C=O) groups excluding carboxylic acids is 2. The van der Waals surface area contributed by atoms with Gasteiger partial charge >= 0.3 is 0 Å². The second-order valence-electron chi connectivity index (χ2n) is 14.5. The highest BCUT2D eigenvalue weighted by Crippen LogP contribution is 2.45. The van der Waals surface area contributed by atoms with Crippen molar-refractivity contribution < 1.29 is 31.9 Å². The molecule has 50 heavy (non-hydrogen) atoms. The molecule has 13 heteroatoms. The summed E-state index contributed by atoms with van der Waals surface area (Å²) in [6.07, 6.45) is 5.66. The van der Waals surface area contributed by atoms with E-state index in [1.165, 1.54) is 29.0 Å². The van der Waals surface area contributed by atoms with E-state index >= 15 is 4.39 Å². The molecule has 5 atom stereocenters. The Morgan fingerprint density at radius 1 is 1.20 bits per heavy atom. The van der Waals surface area contributed by atoms with Gasteiger partial charge in [-0.05, 0) is 99.4 Å². The molecular formula is C37H48ClFN4O6S. The fraction of sp³-hybridized carbons (Fsp3) is 0.568. The second kappa shape index (κ2) is 14.8. The lowest BCUT2D eigenvalue weighted by Crippen LogP contribution is -2.54. The molecule has 4 aliphatic rings. The predicted octanol–water partition coefficient (Wildman–Crippen LogP) is 5.09. The van der Waals surface area contributed by atoms with Crippen LogP contribution in [-0.4, -0.2) is 101 Å². The molecule has 2 aromatic carbocycles. The van der Waals surface area contributed by atoms with Crippen LogP contribution in [0.25, 0.3) is 0 Å². The lowest BCUT2D eigenvalue weighted by molar-refractivity contribution is -0.135. The molecule has 1 spiro atoms. The minimum absolute atomic E-state index is 0.0699. The van der Waals surface area contributed by atoms with Gasteiger partial charge in [-0.25, -0.2) is 17.5 Å². The van der Waals surface area contributed by atoms with E-state index < -0.39 is 44.4 Å². The van der Waals surface area contributed by atoms with Gasteiger partial charge in [0.05, 0.1) is 24.2 Å². The third kappa shape index (κ3) is 7.26. The van der Waals surface area contributed by atoms with Crippen LogP contribution in [0.5, 0.6) is 5.75 Å². The third-order valence-corrected chi connectivity index (χ3v) is 13.3. The minimum atomic E-state index is -4.13. The van der Waals surface area contributed by atoms with E-state index in [0.717, 1.165) is 32.1 Å². The normalized spacial score (nSPS) is 29.5. The fourth-order valence-corrected chi connectivity index (χ4v) is 9.54. The number of halogens is 2. The Kier molecular flexibility index (Phi) is 10.8. The summed E-state index contributed by atoms with van der Waals surface area (Å²) in [6, 6.07) is 9.69. The number of likely N-dealkylation sites (N-methyl/N-ethyl adjacent to an activating group) is 1. The molecule has 2 bridgehead atoms. The summed E-state index contributed by atoms with van der Waals surface area (Å²) in [5.41, 5.74) is 2.80. The van der Waals surface area contributed by atoms with Crippen LogP contribution < -0.4 is 14.4 Å². The van der Waals surface area contributed by atoms with Gasteiger partial charge in [0.25, 0.3) is 5.91 Å². The molecule has 2 amide bonds. The van der Waals surface area contributed by atoms with Crippen LogP contribution in [0.1, 0.15) is 67.4 Å². The van der Waals surface area contributed by atoms with Gasteiger partial charge in [-0.3, -0.25) is 14.5 Å². The van der Waals surface area contributed by atoms with Crippen molar-refractivity contribution in [3.05, 3.63) is 70.0 Å². The second-order valence-corrected chi connectivity index (χ2v) is 16.9. The molecule has 1 N–H and O–H groups in total.